The zero-order valence-electron chi connectivity index (χ0n) is 44.6. The van der Waals surface area contributed by atoms with E-state index >= 15 is 0 Å². The van der Waals surface area contributed by atoms with Gasteiger partial charge in [-0.3, -0.25) is 14.4 Å². The summed E-state index contributed by atoms with van der Waals surface area (Å²) in [5.74, 6) is 0.810. The van der Waals surface area contributed by atoms with Crippen LogP contribution in [0.25, 0.3) is 0 Å². The summed E-state index contributed by atoms with van der Waals surface area (Å²) in [4.78, 5) is 38.1. The summed E-state index contributed by atoms with van der Waals surface area (Å²) in [5.41, 5.74) is 0. The maximum Gasteiger partial charge on any atom is 0.306 e. The van der Waals surface area contributed by atoms with E-state index in [0.29, 0.717) is 19.3 Å². The third-order valence-corrected chi connectivity index (χ3v) is 13.5. The molecule has 0 bridgehead atoms. The topological polar surface area (TPSA) is 78.9 Å². The molecule has 0 heterocycles. The molecular formula is C59H114O6. The fraction of sp³-hybridized carbons (Fsp3) is 0.949. The monoisotopic (exact) mass is 919 g/mol. The highest BCUT2D eigenvalue weighted by Crippen LogP contribution is 2.18. The fourth-order valence-corrected chi connectivity index (χ4v) is 9.05. The second-order valence-corrected chi connectivity index (χ2v) is 21.2. The fourth-order valence-electron chi connectivity index (χ4n) is 9.05. The SMILES string of the molecule is CCCCCCCCCCCCCCCCCCCCC(=O)OC[C@H](COC(=O)CCCCCCCCCCCCCCCCC(C)C)OC(=O)CCCCCCCCCCCC(C)C. The Balaban J connectivity index is 4.26. The van der Waals surface area contributed by atoms with Crippen molar-refractivity contribution in [3.05, 3.63) is 0 Å². The number of unbranched alkanes of at least 4 members (excludes halogenated alkanes) is 38. The highest BCUT2D eigenvalue weighted by Gasteiger charge is 2.19. The number of ether oxygens (including phenoxy) is 3. The van der Waals surface area contributed by atoms with Crippen molar-refractivity contribution in [2.45, 2.75) is 336 Å². The number of hydrogen-bond acceptors (Lipinski definition) is 6. The minimum atomic E-state index is -0.763. The van der Waals surface area contributed by atoms with Gasteiger partial charge in [0, 0.05) is 19.3 Å². The van der Waals surface area contributed by atoms with Gasteiger partial charge in [-0.25, -0.2) is 0 Å². The van der Waals surface area contributed by atoms with E-state index in [0.717, 1.165) is 69.6 Å². The molecule has 0 saturated heterocycles. The minimum absolute atomic E-state index is 0.0630. The molecule has 0 aliphatic carbocycles. The van der Waals surface area contributed by atoms with E-state index in [-0.39, 0.29) is 31.1 Å². The summed E-state index contributed by atoms with van der Waals surface area (Å²) in [5, 5.41) is 0. The second kappa shape index (κ2) is 51.8. The smallest absolute Gasteiger partial charge is 0.306 e. The minimum Gasteiger partial charge on any atom is -0.462 e. The molecule has 6 heteroatoms. The van der Waals surface area contributed by atoms with Gasteiger partial charge in [0.05, 0.1) is 0 Å². The molecule has 0 saturated carbocycles. The van der Waals surface area contributed by atoms with E-state index in [1.807, 2.05) is 0 Å². The Morgan fingerprint density at radius 3 is 0.754 bits per heavy atom. The van der Waals surface area contributed by atoms with Gasteiger partial charge < -0.3 is 14.2 Å². The lowest BCUT2D eigenvalue weighted by Gasteiger charge is -2.18. The first kappa shape index (κ1) is 63.4. The maximum absolute atomic E-state index is 12.8. The molecule has 0 aliphatic heterocycles. The Hall–Kier alpha value is -1.59. The van der Waals surface area contributed by atoms with Crippen LogP contribution in [0.1, 0.15) is 330 Å². The van der Waals surface area contributed by atoms with Crippen LogP contribution in [-0.2, 0) is 28.6 Å². The third kappa shape index (κ3) is 53.2. The highest BCUT2D eigenvalue weighted by atomic mass is 16.6. The lowest BCUT2D eigenvalue weighted by atomic mass is 10.0. The van der Waals surface area contributed by atoms with Gasteiger partial charge in [0.25, 0.3) is 0 Å². The molecule has 1 atom stereocenters. The summed E-state index contributed by atoms with van der Waals surface area (Å²) in [6.07, 6.45) is 55.3. The van der Waals surface area contributed by atoms with Crippen LogP contribution in [0, 0.1) is 11.8 Å². The molecule has 0 fully saturated rings. The standard InChI is InChI=1S/C59H114O6/c1-6-7-8-9-10-11-12-13-14-15-16-17-21-24-29-34-39-44-49-57(60)63-52-56(65-59(62)51-46-41-36-31-26-28-33-38-43-48-55(4)5)53-64-58(61)50-45-40-35-30-25-22-19-18-20-23-27-32-37-42-47-54(2)3/h54-56H,6-53H2,1-5H3/t56-/m1/s1. The van der Waals surface area contributed by atoms with Crippen molar-refractivity contribution in [1.82, 2.24) is 0 Å². The average Bonchev–Trinajstić information content (AvgIpc) is 3.28. The zero-order chi connectivity index (χ0) is 47.5. The number of esters is 3. The van der Waals surface area contributed by atoms with Crippen molar-refractivity contribution in [3.63, 3.8) is 0 Å². The molecule has 0 aromatic carbocycles. The van der Waals surface area contributed by atoms with E-state index in [4.69, 9.17) is 14.2 Å². The molecule has 0 aromatic heterocycles. The first-order valence-corrected chi connectivity index (χ1v) is 29.2. The van der Waals surface area contributed by atoms with E-state index in [2.05, 4.69) is 34.6 Å². The van der Waals surface area contributed by atoms with Crippen LogP contribution < -0.4 is 0 Å². The van der Waals surface area contributed by atoms with Gasteiger partial charge in [0.2, 0.25) is 0 Å². The predicted octanol–water partition coefficient (Wildman–Crippen LogP) is 19.3. The molecule has 386 valence electrons. The quantitative estimate of drug-likeness (QED) is 0.0344. The Morgan fingerprint density at radius 2 is 0.508 bits per heavy atom. The molecular weight excluding hydrogens is 805 g/mol. The largest absolute Gasteiger partial charge is 0.462 e. The van der Waals surface area contributed by atoms with E-state index in [1.54, 1.807) is 0 Å². The molecule has 6 nitrogen and oxygen atoms in total. The lowest BCUT2D eigenvalue weighted by Crippen LogP contribution is -2.30. The maximum atomic E-state index is 12.8. The van der Waals surface area contributed by atoms with Gasteiger partial charge in [-0.1, -0.05) is 291 Å². The number of carbonyl (C=O) groups is 3. The molecule has 0 amide bonds. The Kier molecular flexibility index (Phi) is 50.5. The second-order valence-electron chi connectivity index (χ2n) is 21.2. The van der Waals surface area contributed by atoms with E-state index in [1.165, 1.54) is 218 Å². The van der Waals surface area contributed by atoms with Gasteiger partial charge in [-0.05, 0) is 31.1 Å². The number of rotatable bonds is 53. The molecule has 0 radical (unpaired) electrons. The average molecular weight is 920 g/mol. The lowest BCUT2D eigenvalue weighted by molar-refractivity contribution is -0.167. The van der Waals surface area contributed by atoms with Gasteiger partial charge >= 0.3 is 17.9 Å². The van der Waals surface area contributed by atoms with Crippen LogP contribution in [0.3, 0.4) is 0 Å². The van der Waals surface area contributed by atoms with Crippen molar-refractivity contribution in [3.8, 4) is 0 Å². The van der Waals surface area contributed by atoms with Gasteiger partial charge in [0.1, 0.15) is 13.2 Å². The highest BCUT2D eigenvalue weighted by molar-refractivity contribution is 5.71. The first-order chi connectivity index (χ1) is 31.7. The van der Waals surface area contributed by atoms with Crippen LogP contribution in [0.4, 0.5) is 0 Å². The molecule has 0 spiro atoms. The first-order valence-electron chi connectivity index (χ1n) is 29.2. The number of hydrogen-bond donors (Lipinski definition) is 0. The van der Waals surface area contributed by atoms with E-state index < -0.39 is 6.10 Å². The van der Waals surface area contributed by atoms with Crippen molar-refractivity contribution < 1.29 is 28.6 Å². The Bertz CT molecular complexity index is 993. The summed E-state index contributed by atoms with van der Waals surface area (Å²) in [6, 6.07) is 0. The normalized spacial score (nSPS) is 12.0. The molecule has 0 N–H and O–H groups in total. The third-order valence-electron chi connectivity index (χ3n) is 13.5. The molecule has 0 rings (SSSR count). The van der Waals surface area contributed by atoms with Crippen molar-refractivity contribution in [1.29, 1.82) is 0 Å². The Labute approximate surface area is 406 Å². The summed E-state index contributed by atoms with van der Waals surface area (Å²) < 4.78 is 16.9. The zero-order valence-corrected chi connectivity index (χ0v) is 44.6. The van der Waals surface area contributed by atoms with Gasteiger partial charge in [-0.2, -0.15) is 0 Å². The van der Waals surface area contributed by atoms with Gasteiger partial charge in [-0.15, -0.1) is 0 Å². The van der Waals surface area contributed by atoms with Crippen LogP contribution in [0.5, 0.6) is 0 Å². The Morgan fingerprint density at radius 1 is 0.292 bits per heavy atom. The van der Waals surface area contributed by atoms with Crippen molar-refractivity contribution in [2.24, 2.45) is 11.8 Å². The van der Waals surface area contributed by atoms with Crippen LogP contribution >= 0.6 is 0 Å². The predicted molar refractivity (Wildman–Crippen MR) is 280 cm³/mol. The molecule has 0 aliphatic rings. The number of carbonyl (C=O) groups excluding carboxylic acids is 3. The molecule has 0 unspecified atom stereocenters. The molecule has 65 heavy (non-hydrogen) atoms. The van der Waals surface area contributed by atoms with Crippen LogP contribution in [0.2, 0.25) is 0 Å². The molecule has 0 aromatic rings. The van der Waals surface area contributed by atoms with Crippen LogP contribution in [0.15, 0.2) is 0 Å². The summed E-state index contributed by atoms with van der Waals surface area (Å²) in [7, 11) is 0. The van der Waals surface area contributed by atoms with E-state index in [9.17, 15) is 14.4 Å². The van der Waals surface area contributed by atoms with Crippen molar-refractivity contribution >= 4 is 17.9 Å². The summed E-state index contributed by atoms with van der Waals surface area (Å²) >= 11 is 0. The summed E-state index contributed by atoms with van der Waals surface area (Å²) in [6.45, 7) is 11.4. The van der Waals surface area contributed by atoms with Crippen molar-refractivity contribution in [2.75, 3.05) is 13.2 Å². The van der Waals surface area contributed by atoms with Gasteiger partial charge in [0.15, 0.2) is 6.10 Å². The van der Waals surface area contributed by atoms with Crippen LogP contribution in [-0.4, -0.2) is 37.2 Å².